The first-order valence-corrected chi connectivity index (χ1v) is 6.00. The molecular weight excluding hydrogens is 230 g/mol. The molecular formula is C14H19NO3. The van der Waals surface area contributed by atoms with Gasteiger partial charge in [0.2, 0.25) is 0 Å². The number of aliphatic carboxylic acids is 1. The highest BCUT2D eigenvalue weighted by Crippen LogP contribution is 2.15. The van der Waals surface area contributed by atoms with Crippen molar-refractivity contribution in [3.8, 4) is 5.75 Å². The van der Waals surface area contributed by atoms with Crippen molar-refractivity contribution in [3.63, 3.8) is 0 Å². The van der Waals surface area contributed by atoms with Crippen LogP contribution in [0.3, 0.4) is 0 Å². The second kappa shape index (κ2) is 7.37. The van der Waals surface area contributed by atoms with Gasteiger partial charge in [-0.1, -0.05) is 13.0 Å². The molecule has 0 atom stereocenters. The predicted octanol–water partition coefficient (Wildman–Crippen LogP) is 2.92. The summed E-state index contributed by atoms with van der Waals surface area (Å²) < 4.78 is 5.47. The maximum Gasteiger partial charge on any atom is 0.331 e. The smallest absolute Gasteiger partial charge is 0.331 e. The summed E-state index contributed by atoms with van der Waals surface area (Å²) in [6.45, 7) is 4.85. The monoisotopic (exact) mass is 249 g/mol. The molecule has 0 spiro atoms. The Hall–Kier alpha value is -1.97. The predicted molar refractivity (Wildman–Crippen MR) is 72.1 cm³/mol. The Morgan fingerprint density at radius 2 is 2.06 bits per heavy atom. The number of rotatable bonds is 7. The van der Waals surface area contributed by atoms with E-state index in [1.54, 1.807) is 13.0 Å². The lowest BCUT2D eigenvalue weighted by molar-refractivity contribution is -0.132. The Balaban J connectivity index is 2.44. The van der Waals surface area contributed by atoms with Gasteiger partial charge in [0.1, 0.15) is 5.75 Å². The number of anilines is 1. The maximum absolute atomic E-state index is 10.6. The first kappa shape index (κ1) is 14.1. The Kier molecular flexibility index (Phi) is 5.77. The fourth-order valence-electron chi connectivity index (χ4n) is 1.30. The molecule has 0 amide bonds. The SMILES string of the molecule is CCCOc1ccc(NC/C=C(/C)C(=O)O)cc1. The Labute approximate surface area is 107 Å². The van der Waals surface area contributed by atoms with Crippen molar-refractivity contribution in [2.75, 3.05) is 18.5 Å². The van der Waals surface area contributed by atoms with E-state index in [0.717, 1.165) is 17.9 Å². The summed E-state index contributed by atoms with van der Waals surface area (Å²) in [5.74, 6) is -0.0419. The molecule has 1 rings (SSSR count). The molecule has 4 nitrogen and oxygen atoms in total. The van der Waals surface area contributed by atoms with Crippen LogP contribution in [-0.4, -0.2) is 24.2 Å². The van der Waals surface area contributed by atoms with Crippen molar-refractivity contribution in [1.82, 2.24) is 0 Å². The van der Waals surface area contributed by atoms with Crippen LogP contribution in [0, 0.1) is 0 Å². The van der Waals surface area contributed by atoms with Gasteiger partial charge in [0.25, 0.3) is 0 Å². The Morgan fingerprint density at radius 3 is 2.61 bits per heavy atom. The van der Waals surface area contributed by atoms with Crippen molar-refractivity contribution in [2.24, 2.45) is 0 Å². The van der Waals surface area contributed by atoms with E-state index >= 15 is 0 Å². The highest BCUT2D eigenvalue weighted by Gasteiger charge is 1.98. The number of hydrogen-bond acceptors (Lipinski definition) is 3. The van der Waals surface area contributed by atoms with Gasteiger partial charge in [0.05, 0.1) is 6.61 Å². The highest BCUT2D eigenvalue weighted by molar-refractivity contribution is 5.85. The summed E-state index contributed by atoms with van der Waals surface area (Å²) in [5, 5.41) is 11.8. The Morgan fingerprint density at radius 1 is 1.39 bits per heavy atom. The van der Waals surface area contributed by atoms with Crippen LogP contribution in [0.4, 0.5) is 5.69 Å². The minimum atomic E-state index is -0.889. The number of carbonyl (C=O) groups is 1. The normalized spacial score (nSPS) is 11.1. The second-order valence-electron chi connectivity index (χ2n) is 3.95. The van der Waals surface area contributed by atoms with E-state index in [-0.39, 0.29) is 0 Å². The van der Waals surface area contributed by atoms with Gasteiger partial charge >= 0.3 is 5.97 Å². The summed E-state index contributed by atoms with van der Waals surface area (Å²) in [6, 6.07) is 7.61. The molecule has 0 heterocycles. The summed E-state index contributed by atoms with van der Waals surface area (Å²) in [6.07, 6.45) is 2.63. The highest BCUT2D eigenvalue weighted by atomic mass is 16.5. The zero-order valence-electron chi connectivity index (χ0n) is 10.8. The molecule has 0 unspecified atom stereocenters. The van der Waals surface area contributed by atoms with Crippen LogP contribution in [-0.2, 0) is 4.79 Å². The molecule has 0 aliphatic heterocycles. The van der Waals surface area contributed by atoms with Gasteiger partial charge in [-0.3, -0.25) is 0 Å². The fraction of sp³-hybridized carbons (Fsp3) is 0.357. The van der Waals surface area contributed by atoms with Crippen LogP contribution >= 0.6 is 0 Å². The van der Waals surface area contributed by atoms with Gasteiger partial charge in [0.15, 0.2) is 0 Å². The summed E-state index contributed by atoms with van der Waals surface area (Å²) in [4.78, 5) is 10.6. The Bertz CT molecular complexity index is 410. The molecule has 0 saturated heterocycles. The van der Waals surface area contributed by atoms with E-state index in [0.29, 0.717) is 18.7 Å². The van der Waals surface area contributed by atoms with Crippen molar-refractivity contribution >= 4 is 11.7 Å². The number of nitrogens with one attached hydrogen (secondary N) is 1. The molecule has 0 aromatic heterocycles. The van der Waals surface area contributed by atoms with Gasteiger partial charge < -0.3 is 15.2 Å². The van der Waals surface area contributed by atoms with Crippen LogP contribution in [0.15, 0.2) is 35.9 Å². The topological polar surface area (TPSA) is 58.6 Å². The third-order valence-corrected chi connectivity index (χ3v) is 2.38. The summed E-state index contributed by atoms with van der Waals surface area (Å²) >= 11 is 0. The lowest BCUT2D eigenvalue weighted by Crippen LogP contribution is -2.03. The first-order chi connectivity index (χ1) is 8.63. The second-order valence-corrected chi connectivity index (χ2v) is 3.95. The average Bonchev–Trinajstić information content (AvgIpc) is 2.37. The maximum atomic E-state index is 10.6. The molecule has 0 radical (unpaired) electrons. The van der Waals surface area contributed by atoms with Crippen molar-refractivity contribution in [1.29, 1.82) is 0 Å². The van der Waals surface area contributed by atoms with E-state index < -0.39 is 5.97 Å². The van der Waals surface area contributed by atoms with Crippen LogP contribution in [0.2, 0.25) is 0 Å². The van der Waals surface area contributed by atoms with Crippen molar-refractivity contribution in [2.45, 2.75) is 20.3 Å². The standard InChI is InChI=1S/C14H19NO3/c1-3-10-18-13-6-4-12(5-7-13)15-9-8-11(2)14(16)17/h4-8,15H,3,9-10H2,1-2H3,(H,16,17)/b11-8-. The molecule has 2 N–H and O–H groups in total. The number of carboxylic acid groups (broad SMARTS) is 1. The lowest BCUT2D eigenvalue weighted by Gasteiger charge is -2.07. The third kappa shape index (κ3) is 4.91. The van der Waals surface area contributed by atoms with Gasteiger partial charge in [-0.05, 0) is 37.6 Å². The van der Waals surface area contributed by atoms with Crippen LogP contribution in [0.5, 0.6) is 5.75 Å². The van der Waals surface area contributed by atoms with Crippen molar-refractivity contribution in [3.05, 3.63) is 35.9 Å². The molecule has 0 bridgehead atoms. The molecule has 98 valence electrons. The molecule has 0 aliphatic carbocycles. The fourth-order valence-corrected chi connectivity index (χ4v) is 1.30. The van der Waals surface area contributed by atoms with Crippen LogP contribution in [0.25, 0.3) is 0 Å². The van der Waals surface area contributed by atoms with E-state index in [9.17, 15) is 4.79 Å². The van der Waals surface area contributed by atoms with Crippen LogP contribution in [0.1, 0.15) is 20.3 Å². The van der Waals surface area contributed by atoms with Gasteiger partial charge in [-0.15, -0.1) is 0 Å². The molecule has 0 fully saturated rings. The number of hydrogen-bond donors (Lipinski definition) is 2. The summed E-state index contributed by atoms with van der Waals surface area (Å²) in [7, 11) is 0. The summed E-state index contributed by atoms with van der Waals surface area (Å²) in [5.41, 5.74) is 1.28. The van der Waals surface area contributed by atoms with Crippen LogP contribution < -0.4 is 10.1 Å². The molecule has 0 aliphatic rings. The van der Waals surface area contributed by atoms with Gasteiger partial charge in [0, 0.05) is 17.8 Å². The number of carboxylic acids is 1. The van der Waals surface area contributed by atoms with E-state index in [1.165, 1.54) is 0 Å². The number of benzene rings is 1. The zero-order chi connectivity index (χ0) is 13.4. The van der Waals surface area contributed by atoms with Gasteiger partial charge in [-0.2, -0.15) is 0 Å². The molecule has 4 heteroatoms. The molecule has 1 aromatic rings. The number of ether oxygens (including phenoxy) is 1. The minimum absolute atomic E-state index is 0.338. The van der Waals surface area contributed by atoms with Gasteiger partial charge in [-0.25, -0.2) is 4.79 Å². The van der Waals surface area contributed by atoms with E-state index in [1.807, 2.05) is 24.3 Å². The lowest BCUT2D eigenvalue weighted by atomic mass is 10.2. The average molecular weight is 249 g/mol. The molecule has 18 heavy (non-hydrogen) atoms. The quantitative estimate of drug-likeness (QED) is 0.729. The van der Waals surface area contributed by atoms with Crippen molar-refractivity contribution < 1.29 is 14.6 Å². The van der Waals surface area contributed by atoms with E-state index in [2.05, 4.69) is 12.2 Å². The minimum Gasteiger partial charge on any atom is -0.494 e. The zero-order valence-corrected chi connectivity index (χ0v) is 10.8. The first-order valence-electron chi connectivity index (χ1n) is 6.00. The molecule has 1 aromatic carbocycles. The van der Waals surface area contributed by atoms with E-state index in [4.69, 9.17) is 9.84 Å². The molecule has 0 saturated carbocycles. The largest absolute Gasteiger partial charge is 0.494 e. The third-order valence-electron chi connectivity index (χ3n) is 2.38.